The van der Waals surface area contributed by atoms with Crippen LogP contribution in [0.1, 0.15) is 19.8 Å². The third-order valence-electron chi connectivity index (χ3n) is 5.36. The van der Waals surface area contributed by atoms with Gasteiger partial charge < -0.3 is 24.4 Å². The van der Waals surface area contributed by atoms with E-state index in [1.807, 2.05) is 7.05 Å². The summed E-state index contributed by atoms with van der Waals surface area (Å²) in [5, 5.41) is 10.9. The van der Waals surface area contributed by atoms with Crippen LogP contribution in [0.2, 0.25) is 0 Å². The van der Waals surface area contributed by atoms with Crippen LogP contribution in [0.5, 0.6) is 0 Å². The number of carbonyl (C=O) groups is 2. The number of aliphatic hydroxyl groups is 1. The van der Waals surface area contributed by atoms with Gasteiger partial charge in [0.1, 0.15) is 6.61 Å². The Morgan fingerprint density at radius 1 is 1.38 bits per heavy atom. The van der Waals surface area contributed by atoms with Crippen molar-refractivity contribution >= 4 is 12.0 Å². The van der Waals surface area contributed by atoms with Gasteiger partial charge in [-0.15, -0.1) is 0 Å². The van der Waals surface area contributed by atoms with Crippen molar-refractivity contribution in [1.82, 2.24) is 14.7 Å². The number of morpholine rings is 1. The molecule has 3 aliphatic heterocycles. The van der Waals surface area contributed by atoms with Crippen molar-refractivity contribution in [1.29, 1.82) is 0 Å². The first-order valence-electron chi connectivity index (χ1n) is 8.65. The highest BCUT2D eigenvalue weighted by Gasteiger charge is 2.44. The number of nitrogens with zero attached hydrogens (tertiary/aromatic N) is 3. The second-order valence-corrected chi connectivity index (χ2v) is 7.03. The van der Waals surface area contributed by atoms with Crippen LogP contribution >= 0.6 is 0 Å². The van der Waals surface area contributed by atoms with Crippen molar-refractivity contribution in [3.8, 4) is 0 Å². The smallest absolute Gasteiger partial charge is 0.409 e. The zero-order valence-electron chi connectivity index (χ0n) is 14.4. The third kappa shape index (κ3) is 3.50. The van der Waals surface area contributed by atoms with Crippen LogP contribution in [0.3, 0.4) is 0 Å². The van der Waals surface area contributed by atoms with E-state index in [0.717, 1.165) is 13.1 Å². The van der Waals surface area contributed by atoms with E-state index < -0.39 is 5.60 Å². The summed E-state index contributed by atoms with van der Waals surface area (Å²) in [4.78, 5) is 29.1. The summed E-state index contributed by atoms with van der Waals surface area (Å²) in [6.07, 6.45) is 0.789. The molecule has 3 saturated heterocycles. The highest BCUT2D eigenvalue weighted by molar-refractivity contribution is 5.78. The van der Waals surface area contributed by atoms with Gasteiger partial charge in [-0.3, -0.25) is 9.69 Å². The molecule has 2 amide bonds. The fourth-order valence-corrected chi connectivity index (χ4v) is 3.86. The van der Waals surface area contributed by atoms with Crippen molar-refractivity contribution in [3.05, 3.63) is 0 Å². The predicted molar refractivity (Wildman–Crippen MR) is 85.5 cm³/mol. The van der Waals surface area contributed by atoms with Crippen molar-refractivity contribution in [3.63, 3.8) is 0 Å². The Morgan fingerprint density at radius 2 is 2.08 bits per heavy atom. The molecular formula is C16H27N3O5. The number of likely N-dealkylation sites (tertiary alicyclic amines) is 2. The van der Waals surface area contributed by atoms with E-state index in [-0.39, 0.29) is 30.8 Å². The maximum Gasteiger partial charge on any atom is 0.409 e. The number of β-amino-alcohol motifs (C(OH)–C–C–N with tert-alkyl or cyclic N) is 1. The van der Waals surface area contributed by atoms with E-state index in [0.29, 0.717) is 39.1 Å². The molecule has 0 aromatic rings. The number of likely N-dealkylation sites (N-methyl/N-ethyl adjacent to an activating group) is 1. The normalized spacial score (nSPS) is 30.4. The van der Waals surface area contributed by atoms with Crippen molar-refractivity contribution in [2.45, 2.75) is 37.5 Å². The summed E-state index contributed by atoms with van der Waals surface area (Å²) in [5.41, 5.74) is -0.806. The molecule has 0 saturated carbocycles. The summed E-state index contributed by atoms with van der Waals surface area (Å²) >= 11 is 0. The monoisotopic (exact) mass is 341 g/mol. The molecule has 3 heterocycles. The Kier molecular flexibility index (Phi) is 4.98. The van der Waals surface area contributed by atoms with E-state index in [9.17, 15) is 14.7 Å². The summed E-state index contributed by atoms with van der Waals surface area (Å²) in [5.74, 6) is 0.0135. The van der Waals surface area contributed by atoms with Crippen LogP contribution in [0, 0.1) is 0 Å². The van der Waals surface area contributed by atoms with Gasteiger partial charge in [0, 0.05) is 39.8 Å². The molecule has 3 aliphatic rings. The summed E-state index contributed by atoms with van der Waals surface area (Å²) in [7, 11) is 1.82. The summed E-state index contributed by atoms with van der Waals surface area (Å²) < 4.78 is 10.6. The summed E-state index contributed by atoms with van der Waals surface area (Å²) in [6.45, 7) is 5.29. The molecule has 0 aromatic carbocycles. The minimum Gasteiger partial charge on any atom is -0.450 e. The van der Waals surface area contributed by atoms with Crippen molar-refractivity contribution < 1.29 is 24.2 Å². The fraction of sp³-hybridized carbons (Fsp3) is 0.875. The molecule has 0 spiro atoms. The molecule has 24 heavy (non-hydrogen) atoms. The first-order chi connectivity index (χ1) is 11.4. The molecule has 8 nitrogen and oxygen atoms in total. The van der Waals surface area contributed by atoms with Gasteiger partial charge in [-0.25, -0.2) is 4.79 Å². The molecule has 0 aliphatic carbocycles. The lowest BCUT2D eigenvalue weighted by Gasteiger charge is -2.39. The SMILES string of the molecule is CCOC(=O)N1CCC(O)(CN2C[C@@H]3OCC(=O)N(C)[C@H]3C2)CC1. The molecule has 8 heteroatoms. The van der Waals surface area contributed by atoms with Gasteiger partial charge in [0.2, 0.25) is 5.91 Å². The lowest BCUT2D eigenvalue weighted by Crippen LogP contribution is -2.52. The second kappa shape index (κ2) is 6.85. The Balaban J connectivity index is 1.52. The van der Waals surface area contributed by atoms with Gasteiger partial charge in [0.05, 0.1) is 24.4 Å². The molecular weight excluding hydrogens is 314 g/mol. The number of hydrogen-bond donors (Lipinski definition) is 1. The first-order valence-corrected chi connectivity index (χ1v) is 8.65. The zero-order valence-corrected chi connectivity index (χ0v) is 14.4. The van der Waals surface area contributed by atoms with Crippen LogP contribution in [0.25, 0.3) is 0 Å². The van der Waals surface area contributed by atoms with E-state index >= 15 is 0 Å². The number of piperidine rings is 1. The third-order valence-corrected chi connectivity index (χ3v) is 5.36. The molecule has 0 aromatic heterocycles. The Labute approximate surface area is 142 Å². The van der Waals surface area contributed by atoms with E-state index in [4.69, 9.17) is 9.47 Å². The lowest BCUT2D eigenvalue weighted by molar-refractivity contribution is -0.150. The Bertz CT molecular complexity index is 492. The molecule has 136 valence electrons. The van der Waals surface area contributed by atoms with E-state index in [2.05, 4.69) is 4.90 Å². The van der Waals surface area contributed by atoms with Gasteiger partial charge in [-0.1, -0.05) is 0 Å². The minimum atomic E-state index is -0.806. The summed E-state index contributed by atoms with van der Waals surface area (Å²) in [6, 6.07) is 0.0643. The molecule has 3 fully saturated rings. The topological polar surface area (TPSA) is 82.5 Å². The Morgan fingerprint density at radius 3 is 2.75 bits per heavy atom. The number of fused-ring (bicyclic) bond motifs is 1. The lowest BCUT2D eigenvalue weighted by atomic mass is 9.91. The molecule has 0 bridgehead atoms. The number of hydrogen-bond acceptors (Lipinski definition) is 6. The average molecular weight is 341 g/mol. The molecule has 1 N–H and O–H groups in total. The van der Waals surface area contributed by atoms with Crippen LogP contribution in [-0.2, 0) is 14.3 Å². The average Bonchev–Trinajstić information content (AvgIpc) is 2.94. The Hall–Kier alpha value is -1.38. The highest BCUT2D eigenvalue weighted by Crippen LogP contribution is 2.28. The molecule has 2 atom stereocenters. The number of carbonyl (C=O) groups excluding carboxylic acids is 2. The quantitative estimate of drug-likeness (QED) is 0.746. The largest absolute Gasteiger partial charge is 0.450 e. The van der Waals surface area contributed by atoms with Crippen LogP contribution in [0.4, 0.5) is 4.79 Å². The predicted octanol–water partition coefficient (Wildman–Crippen LogP) is -0.489. The maximum absolute atomic E-state index is 11.7. The van der Waals surface area contributed by atoms with Gasteiger partial charge >= 0.3 is 6.09 Å². The number of ether oxygens (including phenoxy) is 2. The number of rotatable bonds is 3. The van der Waals surface area contributed by atoms with Gasteiger partial charge in [0.15, 0.2) is 0 Å². The van der Waals surface area contributed by atoms with Crippen molar-refractivity contribution in [2.75, 3.05) is 53.0 Å². The highest BCUT2D eigenvalue weighted by atomic mass is 16.6. The fourth-order valence-electron chi connectivity index (χ4n) is 3.86. The second-order valence-electron chi connectivity index (χ2n) is 7.03. The number of amides is 2. The first kappa shape index (κ1) is 17.4. The van der Waals surface area contributed by atoms with E-state index in [1.54, 1.807) is 16.7 Å². The zero-order chi connectivity index (χ0) is 17.3. The molecule has 3 rings (SSSR count). The van der Waals surface area contributed by atoms with Crippen LogP contribution in [-0.4, -0.2) is 103 Å². The maximum atomic E-state index is 11.7. The van der Waals surface area contributed by atoms with E-state index in [1.165, 1.54) is 0 Å². The van der Waals surface area contributed by atoms with Crippen LogP contribution < -0.4 is 0 Å². The molecule has 0 unspecified atom stereocenters. The van der Waals surface area contributed by atoms with Crippen molar-refractivity contribution in [2.24, 2.45) is 0 Å². The molecule has 0 radical (unpaired) electrons. The van der Waals surface area contributed by atoms with Gasteiger partial charge in [0.25, 0.3) is 0 Å². The van der Waals surface area contributed by atoms with Gasteiger partial charge in [-0.05, 0) is 19.8 Å². The van der Waals surface area contributed by atoms with Gasteiger partial charge in [-0.2, -0.15) is 0 Å². The minimum absolute atomic E-state index is 0.0135. The standard InChI is InChI=1S/C16H27N3O5/c1-3-23-15(21)19-6-4-16(22,5-7-19)11-18-8-12-13(9-18)24-10-14(20)17(12)2/h12-13,22H,3-11H2,1-2H3/t12-,13-/m0/s1. The van der Waals surface area contributed by atoms with Crippen LogP contribution in [0.15, 0.2) is 0 Å².